The number of benzene rings is 2. The molecule has 2 N–H and O–H groups in total. The number of nitrogens with one attached hydrogen (secondary N) is 2. The van der Waals surface area contributed by atoms with Gasteiger partial charge in [-0.05, 0) is 43.2 Å². The normalized spacial score (nSPS) is 12.4. The number of pyridine rings is 1. The molecule has 3 heterocycles. The van der Waals surface area contributed by atoms with Crippen LogP contribution < -0.4 is 5.32 Å². The van der Waals surface area contributed by atoms with Crippen molar-refractivity contribution in [1.82, 2.24) is 25.1 Å². The number of para-hydroxylation sites is 1. The first-order chi connectivity index (χ1) is 15.9. The van der Waals surface area contributed by atoms with Crippen molar-refractivity contribution in [3.05, 3.63) is 93.9 Å². The van der Waals surface area contributed by atoms with Crippen LogP contribution >= 0.6 is 11.6 Å². The first-order valence-electron chi connectivity index (χ1n) is 10.8. The monoisotopic (exact) mass is 457 g/mol. The molecule has 5 aromatic rings. The third-order valence-corrected chi connectivity index (χ3v) is 6.43. The lowest BCUT2D eigenvalue weighted by Crippen LogP contribution is -2.29. The summed E-state index contributed by atoms with van der Waals surface area (Å²) >= 11 is 6.60. The van der Waals surface area contributed by atoms with Gasteiger partial charge in [-0.1, -0.05) is 48.0 Å². The first kappa shape index (κ1) is 21.2. The highest BCUT2D eigenvalue weighted by molar-refractivity contribution is 6.31. The number of rotatable bonds is 5. The highest BCUT2D eigenvalue weighted by Crippen LogP contribution is 2.34. The molecule has 0 saturated heterocycles. The summed E-state index contributed by atoms with van der Waals surface area (Å²) in [5.41, 5.74) is 5.95. The minimum Gasteiger partial charge on any atom is -0.361 e. The van der Waals surface area contributed by atoms with Crippen molar-refractivity contribution in [3.8, 4) is 0 Å². The van der Waals surface area contributed by atoms with Gasteiger partial charge in [-0.2, -0.15) is 5.10 Å². The van der Waals surface area contributed by atoms with Gasteiger partial charge in [0.05, 0.1) is 16.6 Å². The number of hydrogen-bond acceptors (Lipinski definition) is 3. The Morgan fingerprint density at radius 1 is 1.12 bits per heavy atom. The summed E-state index contributed by atoms with van der Waals surface area (Å²) in [7, 11) is 1.84. The van der Waals surface area contributed by atoms with E-state index in [0.29, 0.717) is 22.8 Å². The molecule has 0 aliphatic rings. The minimum atomic E-state index is -0.154. The van der Waals surface area contributed by atoms with E-state index in [2.05, 4.69) is 26.4 Å². The summed E-state index contributed by atoms with van der Waals surface area (Å²) in [5, 5.41) is 10.2. The molecule has 0 aliphatic carbocycles. The zero-order valence-corrected chi connectivity index (χ0v) is 19.4. The Morgan fingerprint density at radius 2 is 1.88 bits per heavy atom. The number of aryl methyl sites for hydroxylation is 3. The number of carbonyl (C=O) groups excluding carboxylic acids is 1. The predicted octanol–water partition coefficient (Wildman–Crippen LogP) is 5.28. The molecule has 0 aliphatic heterocycles. The van der Waals surface area contributed by atoms with Crippen LogP contribution in [0.1, 0.15) is 38.8 Å². The molecule has 0 fully saturated rings. The van der Waals surface area contributed by atoms with E-state index in [9.17, 15) is 4.79 Å². The van der Waals surface area contributed by atoms with Gasteiger partial charge in [-0.15, -0.1) is 0 Å². The zero-order chi connectivity index (χ0) is 23.1. The van der Waals surface area contributed by atoms with E-state index < -0.39 is 0 Å². The topological polar surface area (TPSA) is 75.6 Å². The van der Waals surface area contributed by atoms with Gasteiger partial charge >= 0.3 is 0 Å². The molecule has 0 bridgehead atoms. The number of hydrogen-bond donors (Lipinski definition) is 2. The number of aromatic amines is 1. The van der Waals surface area contributed by atoms with E-state index in [1.54, 1.807) is 4.68 Å². The van der Waals surface area contributed by atoms with Crippen LogP contribution in [-0.4, -0.2) is 32.2 Å². The minimum absolute atomic E-state index is 0.118. The zero-order valence-electron chi connectivity index (χ0n) is 18.7. The van der Waals surface area contributed by atoms with Crippen molar-refractivity contribution in [2.75, 3.05) is 6.54 Å². The Hall–Kier alpha value is -3.64. The maximum Gasteiger partial charge on any atom is 0.252 e. The fourth-order valence-electron chi connectivity index (χ4n) is 4.57. The van der Waals surface area contributed by atoms with Gasteiger partial charge in [0, 0.05) is 47.3 Å². The summed E-state index contributed by atoms with van der Waals surface area (Å²) in [5.74, 6) is -0.272. The number of aromatic nitrogens is 4. The van der Waals surface area contributed by atoms with E-state index in [4.69, 9.17) is 11.6 Å². The van der Waals surface area contributed by atoms with Gasteiger partial charge in [0.1, 0.15) is 0 Å². The van der Waals surface area contributed by atoms with E-state index >= 15 is 0 Å². The lowest BCUT2D eigenvalue weighted by atomic mass is 9.90. The summed E-state index contributed by atoms with van der Waals surface area (Å²) in [6.45, 7) is 4.18. The summed E-state index contributed by atoms with van der Waals surface area (Å²) < 4.78 is 1.72. The number of amides is 1. The van der Waals surface area contributed by atoms with Gasteiger partial charge in [-0.25, -0.2) is 4.98 Å². The van der Waals surface area contributed by atoms with Crippen molar-refractivity contribution >= 4 is 39.4 Å². The second kappa shape index (κ2) is 8.37. The molecule has 1 unspecified atom stereocenters. The second-order valence-electron chi connectivity index (χ2n) is 8.29. The molecule has 0 spiro atoms. The Morgan fingerprint density at radius 3 is 2.70 bits per heavy atom. The van der Waals surface area contributed by atoms with Crippen molar-refractivity contribution in [3.63, 3.8) is 0 Å². The van der Waals surface area contributed by atoms with Crippen molar-refractivity contribution in [2.45, 2.75) is 19.8 Å². The highest BCUT2D eigenvalue weighted by Gasteiger charge is 2.23. The van der Waals surface area contributed by atoms with Crippen LogP contribution in [0.3, 0.4) is 0 Å². The van der Waals surface area contributed by atoms with E-state index in [-0.39, 0.29) is 11.8 Å². The SMILES string of the molecule is Cc1cc(C(=O)NCC(c2ccccc2Cl)c2c[nH]c3ccccc23)c2c(C)nn(C)c2n1. The lowest BCUT2D eigenvalue weighted by molar-refractivity contribution is 0.0954. The van der Waals surface area contributed by atoms with Gasteiger partial charge in [0.2, 0.25) is 0 Å². The van der Waals surface area contributed by atoms with Crippen LogP contribution in [0.2, 0.25) is 5.02 Å². The first-order valence-corrected chi connectivity index (χ1v) is 11.2. The van der Waals surface area contributed by atoms with Gasteiger partial charge in [-0.3, -0.25) is 9.48 Å². The molecule has 0 saturated carbocycles. The second-order valence-corrected chi connectivity index (χ2v) is 8.70. The van der Waals surface area contributed by atoms with Crippen LogP contribution in [0.4, 0.5) is 0 Å². The van der Waals surface area contributed by atoms with Crippen LogP contribution in [0, 0.1) is 13.8 Å². The number of carbonyl (C=O) groups is 1. The average molecular weight is 458 g/mol. The summed E-state index contributed by atoms with van der Waals surface area (Å²) in [6.07, 6.45) is 2.00. The molecule has 6 nitrogen and oxygen atoms in total. The molecule has 5 rings (SSSR count). The molecular weight excluding hydrogens is 434 g/mol. The Labute approximate surface area is 196 Å². The van der Waals surface area contributed by atoms with Crippen molar-refractivity contribution in [2.24, 2.45) is 7.05 Å². The van der Waals surface area contributed by atoms with Crippen molar-refractivity contribution < 1.29 is 4.79 Å². The smallest absolute Gasteiger partial charge is 0.252 e. The number of fused-ring (bicyclic) bond motifs is 2. The fourth-order valence-corrected chi connectivity index (χ4v) is 4.83. The van der Waals surface area contributed by atoms with Gasteiger partial charge < -0.3 is 10.3 Å². The number of halogens is 1. The van der Waals surface area contributed by atoms with Gasteiger partial charge in [0.15, 0.2) is 5.65 Å². The summed E-state index contributed by atoms with van der Waals surface area (Å²) in [4.78, 5) is 21.3. The Balaban J connectivity index is 1.53. The molecule has 0 radical (unpaired) electrons. The van der Waals surface area contributed by atoms with E-state index in [1.165, 1.54) is 0 Å². The molecule has 166 valence electrons. The third-order valence-electron chi connectivity index (χ3n) is 6.09. The third kappa shape index (κ3) is 3.76. The fraction of sp³-hybridized carbons (Fsp3) is 0.192. The predicted molar refractivity (Wildman–Crippen MR) is 132 cm³/mol. The maximum absolute atomic E-state index is 13.4. The largest absolute Gasteiger partial charge is 0.361 e. The number of nitrogens with zero attached hydrogens (tertiary/aromatic N) is 3. The van der Waals surface area contributed by atoms with E-state index in [0.717, 1.165) is 38.8 Å². The molecule has 1 amide bonds. The molecular formula is C26H24ClN5O. The van der Waals surface area contributed by atoms with E-state index in [1.807, 2.05) is 75.6 Å². The molecule has 7 heteroatoms. The van der Waals surface area contributed by atoms with Crippen LogP contribution in [0.25, 0.3) is 21.9 Å². The average Bonchev–Trinajstić information content (AvgIpc) is 3.35. The van der Waals surface area contributed by atoms with Crippen LogP contribution in [-0.2, 0) is 7.05 Å². The van der Waals surface area contributed by atoms with Gasteiger partial charge in [0.25, 0.3) is 5.91 Å². The number of H-pyrrole nitrogens is 1. The molecule has 2 aromatic carbocycles. The highest BCUT2D eigenvalue weighted by atomic mass is 35.5. The van der Waals surface area contributed by atoms with Crippen molar-refractivity contribution in [1.29, 1.82) is 0 Å². The lowest BCUT2D eigenvalue weighted by Gasteiger charge is -2.20. The maximum atomic E-state index is 13.4. The molecule has 33 heavy (non-hydrogen) atoms. The van der Waals surface area contributed by atoms with Crippen LogP contribution in [0.15, 0.2) is 60.8 Å². The Bertz CT molecular complexity index is 1500. The quantitative estimate of drug-likeness (QED) is 0.377. The summed E-state index contributed by atoms with van der Waals surface area (Å²) in [6, 6.07) is 17.8. The molecule has 3 aromatic heterocycles. The Kier molecular flexibility index (Phi) is 5.38. The van der Waals surface area contributed by atoms with Crippen LogP contribution in [0.5, 0.6) is 0 Å². The standard InChI is InChI=1S/C26H24ClN5O/c1-15-12-19(24-16(2)31-32(3)25(24)30-15)26(33)29-14-20(17-8-4-6-10-22(17)27)21-13-28-23-11-7-5-9-18(21)23/h4-13,20,28H,14H2,1-3H3,(H,29,33). The molecule has 1 atom stereocenters.